The monoisotopic (exact) mass is 276 g/mol. The van der Waals surface area contributed by atoms with E-state index in [1.54, 1.807) is 6.08 Å². The van der Waals surface area contributed by atoms with Crippen molar-refractivity contribution in [1.29, 1.82) is 0 Å². The summed E-state index contributed by atoms with van der Waals surface area (Å²) in [4.78, 5) is 17.6. The molecule has 0 bridgehead atoms. The second kappa shape index (κ2) is 3.30. The number of para-hydroxylation sites is 1. The van der Waals surface area contributed by atoms with Crippen LogP contribution in [0.3, 0.4) is 0 Å². The van der Waals surface area contributed by atoms with Crippen molar-refractivity contribution in [3.8, 4) is 0 Å². The van der Waals surface area contributed by atoms with Gasteiger partial charge in [-0.05, 0) is 28.8 Å². The molecule has 3 rings (SSSR count). The van der Waals surface area contributed by atoms with E-state index >= 15 is 0 Å². The average molecular weight is 277 g/mol. The number of halogens is 1. The number of aromatic nitrogens is 1. The summed E-state index contributed by atoms with van der Waals surface area (Å²) in [6.45, 7) is 0. The topological polar surface area (TPSA) is 45.2 Å². The van der Waals surface area contributed by atoms with Gasteiger partial charge in [-0.15, -0.1) is 0 Å². The van der Waals surface area contributed by atoms with Crippen molar-refractivity contribution in [3.63, 3.8) is 0 Å². The molecule has 1 aromatic carbocycles. The van der Waals surface area contributed by atoms with E-state index in [1.165, 1.54) is 0 Å². The lowest BCUT2D eigenvalue weighted by atomic mass is 10.0. The maximum atomic E-state index is 10.5. The van der Waals surface area contributed by atoms with Crippen molar-refractivity contribution in [1.82, 2.24) is 4.98 Å². The zero-order valence-corrected chi connectivity index (χ0v) is 10.0. The summed E-state index contributed by atoms with van der Waals surface area (Å²) in [5, 5.41) is 1.13. The van der Waals surface area contributed by atoms with E-state index in [0.717, 1.165) is 33.8 Å². The standard InChI is InChI=1S/C12H9BrN2O/c13-10-6-14-11-8(10)2-1-3-9(11)12(4-5-12)15-7-16/h1-3,6,14H,4-5H2. The highest BCUT2D eigenvalue weighted by molar-refractivity contribution is 9.10. The van der Waals surface area contributed by atoms with Crippen LogP contribution in [0.15, 0.2) is 33.9 Å². The first-order chi connectivity index (χ1) is 7.77. The summed E-state index contributed by atoms with van der Waals surface area (Å²) in [6, 6.07) is 6.07. The van der Waals surface area contributed by atoms with Crippen molar-refractivity contribution in [2.24, 2.45) is 4.99 Å². The molecular formula is C12H9BrN2O. The Balaban J connectivity index is 2.28. The van der Waals surface area contributed by atoms with Gasteiger partial charge in [0.05, 0.1) is 5.52 Å². The van der Waals surface area contributed by atoms with Crippen molar-refractivity contribution >= 4 is 32.9 Å². The molecule has 0 saturated heterocycles. The maximum Gasteiger partial charge on any atom is 0.235 e. The number of aliphatic imine (C=N–C) groups is 1. The Morgan fingerprint density at radius 3 is 2.94 bits per heavy atom. The largest absolute Gasteiger partial charge is 0.360 e. The predicted octanol–water partition coefficient (Wildman–Crippen LogP) is 3.26. The van der Waals surface area contributed by atoms with Crippen LogP contribution in [-0.4, -0.2) is 11.1 Å². The number of rotatable bonds is 2. The molecule has 1 aromatic heterocycles. The molecule has 1 aliphatic rings. The van der Waals surface area contributed by atoms with Crippen LogP contribution >= 0.6 is 15.9 Å². The molecule has 80 valence electrons. The molecule has 4 heteroatoms. The summed E-state index contributed by atoms with van der Waals surface area (Å²) in [5.74, 6) is 0. The van der Waals surface area contributed by atoms with Crippen LogP contribution in [0.1, 0.15) is 18.4 Å². The highest BCUT2D eigenvalue weighted by Crippen LogP contribution is 2.51. The Kier molecular flexibility index (Phi) is 2.03. The molecular weight excluding hydrogens is 268 g/mol. The Morgan fingerprint density at radius 1 is 1.44 bits per heavy atom. The molecule has 0 aliphatic heterocycles. The minimum Gasteiger partial charge on any atom is -0.360 e. The third kappa shape index (κ3) is 1.27. The van der Waals surface area contributed by atoms with E-state index in [4.69, 9.17) is 0 Å². The number of aromatic amines is 1. The number of nitrogens with zero attached hydrogens (tertiary/aromatic N) is 1. The molecule has 0 unspecified atom stereocenters. The van der Waals surface area contributed by atoms with Gasteiger partial charge in [-0.25, -0.2) is 4.79 Å². The lowest BCUT2D eigenvalue weighted by Gasteiger charge is -2.09. The summed E-state index contributed by atoms with van der Waals surface area (Å²) >= 11 is 3.49. The van der Waals surface area contributed by atoms with Crippen molar-refractivity contribution in [2.75, 3.05) is 0 Å². The van der Waals surface area contributed by atoms with E-state index in [-0.39, 0.29) is 5.54 Å². The molecule has 3 nitrogen and oxygen atoms in total. The quantitative estimate of drug-likeness (QED) is 0.664. The number of benzene rings is 1. The van der Waals surface area contributed by atoms with Gasteiger partial charge in [0.1, 0.15) is 5.54 Å². The fourth-order valence-corrected chi connectivity index (χ4v) is 2.60. The Bertz CT molecular complexity index is 607. The molecule has 2 aromatic rings. The Hall–Kier alpha value is -1.38. The van der Waals surface area contributed by atoms with Crippen LogP contribution in [0.4, 0.5) is 0 Å². The van der Waals surface area contributed by atoms with Gasteiger partial charge in [-0.1, -0.05) is 18.2 Å². The van der Waals surface area contributed by atoms with E-state index in [2.05, 4.69) is 25.9 Å². The van der Waals surface area contributed by atoms with Gasteiger partial charge in [-0.3, -0.25) is 0 Å². The second-order valence-electron chi connectivity index (χ2n) is 4.10. The molecule has 0 atom stereocenters. The number of isocyanates is 1. The third-order valence-electron chi connectivity index (χ3n) is 3.15. The summed E-state index contributed by atoms with van der Waals surface area (Å²) in [5.41, 5.74) is 1.84. The van der Waals surface area contributed by atoms with Gasteiger partial charge in [-0.2, -0.15) is 4.99 Å². The van der Waals surface area contributed by atoms with Crippen molar-refractivity contribution in [3.05, 3.63) is 34.4 Å². The maximum absolute atomic E-state index is 10.5. The molecule has 1 fully saturated rings. The lowest BCUT2D eigenvalue weighted by Crippen LogP contribution is -2.02. The molecule has 16 heavy (non-hydrogen) atoms. The Morgan fingerprint density at radius 2 is 2.25 bits per heavy atom. The number of fused-ring (bicyclic) bond motifs is 1. The Labute approximate surface area is 101 Å². The first kappa shape index (κ1) is 9.82. The van der Waals surface area contributed by atoms with Crippen molar-refractivity contribution < 1.29 is 4.79 Å². The predicted molar refractivity (Wildman–Crippen MR) is 65.0 cm³/mol. The van der Waals surface area contributed by atoms with E-state index in [1.807, 2.05) is 24.4 Å². The molecule has 0 radical (unpaired) electrons. The molecule has 1 N–H and O–H groups in total. The van der Waals surface area contributed by atoms with Gasteiger partial charge in [0.25, 0.3) is 0 Å². The molecule has 1 saturated carbocycles. The van der Waals surface area contributed by atoms with Gasteiger partial charge >= 0.3 is 0 Å². The van der Waals surface area contributed by atoms with E-state index < -0.39 is 0 Å². The zero-order valence-electron chi connectivity index (χ0n) is 8.46. The van der Waals surface area contributed by atoms with Crippen LogP contribution in [0.25, 0.3) is 10.9 Å². The lowest BCUT2D eigenvalue weighted by molar-refractivity contribution is 0.556. The smallest absolute Gasteiger partial charge is 0.235 e. The first-order valence-corrected chi connectivity index (χ1v) is 5.91. The fourth-order valence-electron chi connectivity index (χ4n) is 2.16. The van der Waals surface area contributed by atoms with E-state index in [9.17, 15) is 4.79 Å². The second-order valence-corrected chi connectivity index (χ2v) is 4.95. The van der Waals surface area contributed by atoms with Crippen molar-refractivity contribution in [2.45, 2.75) is 18.4 Å². The van der Waals surface area contributed by atoms with Gasteiger partial charge in [0, 0.05) is 21.6 Å². The van der Waals surface area contributed by atoms with Gasteiger partial charge in [0.15, 0.2) is 0 Å². The number of hydrogen-bond donors (Lipinski definition) is 1. The number of nitrogens with one attached hydrogen (secondary N) is 1. The average Bonchev–Trinajstić information content (AvgIpc) is 2.98. The number of hydrogen-bond acceptors (Lipinski definition) is 2. The van der Waals surface area contributed by atoms with E-state index in [0.29, 0.717) is 0 Å². The molecule has 1 aliphatic carbocycles. The number of carbonyl (C=O) groups excluding carboxylic acids is 1. The third-order valence-corrected chi connectivity index (χ3v) is 3.81. The minimum atomic E-state index is -0.314. The highest BCUT2D eigenvalue weighted by Gasteiger charge is 2.46. The first-order valence-electron chi connectivity index (χ1n) is 5.12. The molecule has 0 spiro atoms. The van der Waals surface area contributed by atoms with Gasteiger partial charge in [0.2, 0.25) is 6.08 Å². The van der Waals surface area contributed by atoms with Gasteiger partial charge < -0.3 is 4.98 Å². The van der Waals surface area contributed by atoms with Crippen LogP contribution in [0, 0.1) is 0 Å². The van der Waals surface area contributed by atoms with Crippen LogP contribution < -0.4 is 0 Å². The summed E-state index contributed by atoms with van der Waals surface area (Å²) in [6.07, 6.45) is 5.46. The minimum absolute atomic E-state index is 0.314. The summed E-state index contributed by atoms with van der Waals surface area (Å²) in [7, 11) is 0. The molecule has 0 amide bonds. The van der Waals surface area contributed by atoms with Crippen LogP contribution in [0.2, 0.25) is 0 Å². The normalized spacial score (nSPS) is 17.1. The zero-order chi connectivity index (χ0) is 11.2. The summed E-state index contributed by atoms with van der Waals surface area (Å²) < 4.78 is 1.04. The highest BCUT2D eigenvalue weighted by atomic mass is 79.9. The molecule has 1 heterocycles. The van der Waals surface area contributed by atoms with Crippen LogP contribution in [-0.2, 0) is 10.3 Å². The fraction of sp³-hybridized carbons (Fsp3) is 0.250. The van der Waals surface area contributed by atoms with Crippen LogP contribution in [0.5, 0.6) is 0 Å². The SMILES string of the molecule is O=C=NC1(c2cccc3c(Br)c[nH]c23)CC1. The number of H-pyrrole nitrogens is 1.